The van der Waals surface area contributed by atoms with Crippen LogP contribution in [0.3, 0.4) is 0 Å². The maximum atomic E-state index is 14.4. The third-order valence-electron chi connectivity index (χ3n) is 4.81. The lowest BCUT2D eigenvalue weighted by Crippen LogP contribution is -2.14. The first-order valence-corrected chi connectivity index (χ1v) is 9.40. The van der Waals surface area contributed by atoms with Crippen LogP contribution in [0, 0.1) is 11.6 Å². The summed E-state index contributed by atoms with van der Waals surface area (Å²) in [5.41, 5.74) is 6.07. The van der Waals surface area contributed by atoms with Gasteiger partial charge in [0.05, 0.1) is 22.8 Å². The van der Waals surface area contributed by atoms with Gasteiger partial charge in [-0.25, -0.2) is 23.7 Å². The number of hydrogen-bond acceptors (Lipinski definition) is 7. The molecule has 10 heteroatoms. The zero-order valence-corrected chi connectivity index (χ0v) is 16.3. The van der Waals surface area contributed by atoms with Crippen molar-refractivity contribution in [2.24, 2.45) is 0 Å². The molecule has 0 radical (unpaired) electrons. The molecule has 0 fully saturated rings. The Labute approximate surface area is 179 Å². The van der Waals surface area contributed by atoms with Gasteiger partial charge >= 0.3 is 0 Å². The number of aromatic nitrogens is 4. The standard InChI is InChI=1S/C22H14F2N6O2/c23-14-4-5-15(25)18(24)17(14)19(31)22-29-20-13(6-7-27-20)21(30-22)28-12-3-1-2-11(8-12)16-9-26-10-32-16/h1-10H,25H2,(H2,27,28,29,30). The van der Waals surface area contributed by atoms with Crippen molar-refractivity contribution in [1.82, 2.24) is 19.9 Å². The summed E-state index contributed by atoms with van der Waals surface area (Å²) in [5.74, 6) is -2.77. The van der Waals surface area contributed by atoms with E-state index < -0.39 is 28.8 Å². The molecule has 0 aliphatic heterocycles. The number of anilines is 3. The first-order valence-electron chi connectivity index (χ1n) is 9.40. The van der Waals surface area contributed by atoms with E-state index in [9.17, 15) is 13.6 Å². The highest BCUT2D eigenvalue weighted by Gasteiger charge is 2.24. The van der Waals surface area contributed by atoms with Crippen LogP contribution in [0.15, 0.2) is 65.7 Å². The van der Waals surface area contributed by atoms with Crippen molar-refractivity contribution >= 4 is 34.0 Å². The average Bonchev–Trinajstić information content (AvgIpc) is 3.49. The molecular weight excluding hydrogens is 418 g/mol. The lowest BCUT2D eigenvalue weighted by Gasteiger charge is -2.10. The lowest BCUT2D eigenvalue weighted by molar-refractivity contribution is 0.102. The predicted molar refractivity (Wildman–Crippen MR) is 113 cm³/mol. The molecule has 0 aliphatic rings. The number of nitrogens with one attached hydrogen (secondary N) is 2. The zero-order chi connectivity index (χ0) is 22.2. The molecule has 4 N–H and O–H groups in total. The number of halogens is 2. The Bertz CT molecular complexity index is 1460. The van der Waals surface area contributed by atoms with E-state index in [1.54, 1.807) is 36.7 Å². The van der Waals surface area contributed by atoms with Crippen LogP contribution in [0.2, 0.25) is 0 Å². The quantitative estimate of drug-likeness (QED) is 0.277. The molecule has 32 heavy (non-hydrogen) atoms. The summed E-state index contributed by atoms with van der Waals surface area (Å²) in [6.07, 6.45) is 4.53. The Morgan fingerprint density at radius 1 is 1.12 bits per heavy atom. The van der Waals surface area contributed by atoms with Gasteiger partial charge < -0.3 is 20.5 Å². The van der Waals surface area contributed by atoms with Gasteiger partial charge in [0, 0.05) is 17.4 Å². The van der Waals surface area contributed by atoms with Crippen LogP contribution in [-0.4, -0.2) is 25.7 Å². The minimum Gasteiger partial charge on any atom is -0.444 e. The maximum Gasteiger partial charge on any atom is 0.236 e. The number of nitrogen functional groups attached to an aromatic ring is 1. The molecule has 0 spiro atoms. The fourth-order valence-electron chi connectivity index (χ4n) is 3.27. The molecule has 0 saturated heterocycles. The molecule has 0 amide bonds. The van der Waals surface area contributed by atoms with E-state index in [2.05, 4.69) is 25.3 Å². The topological polar surface area (TPSA) is 123 Å². The van der Waals surface area contributed by atoms with Gasteiger partial charge in [-0.15, -0.1) is 0 Å². The van der Waals surface area contributed by atoms with Crippen LogP contribution in [0.25, 0.3) is 22.4 Å². The smallest absolute Gasteiger partial charge is 0.236 e. The first-order chi connectivity index (χ1) is 15.5. The number of carbonyl (C=O) groups is 1. The van der Waals surface area contributed by atoms with E-state index in [0.29, 0.717) is 22.5 Å². The number of fused-ring (bicyclic) bond motifs is 1. The van der Waals surface area contributed by atoms with Crippen molar-refractivity contribution in [2.75, 3.05) is 11.1 Å². The molecule has 3 aromatic heterocycles. The lowest BCUT2D eigenvalue weighted by atomic mass is 10.1. The molecule has 5 aromatic rings. The fourth-order valence-corrected chi connectivity index (χ4v) is 3.27. The number of carbonyl (C=O) groups excluding carboxylic acids is 1. The normalized spacial score (nSPS) is 11.1. The molecule has 0 bridgehead atoms. The van der Waals surface area contributed by atoms with Crippen molar-refractivity contribution in [1.29, 1.82) is 0 Å². The number of hydrogen-bond donors (Lipinski definition) is 3. The third-order valence-corrected chi connectivity index (χ3v) is 4.81. The molecule has 3 heterocycles. The highest BCUT2D eigenvalue weighted by molar-refractivity contribution is 6.08. The van der Waals surface area contributed by atoms with Gasteiger partial charge in [-0.2, -0.15) is 0 Å². The Hall–Kier alpha value is -4.60. The van der Waals surface area contributed by atoms with Crippen molar-refractivity contribution in [3.05, 3.63) is 84.3 Å². The number of rotatable bonds is 5. The maximum absolute atomic E-state index is 14.4. The van der Waals surface area contributed by atoms with Gasteiger partial charge in [0.1, 0.15) is 17.3 Å². The number of aromatic amines is 1. The number of benzene rings is 2. The van der Waals surface area contributed by atoms with E-state index in [-0.39, 0.29) is 11.5 Å². The van der Waals surface area contributed by atoms with E-state index in [1.807, 2.05) is 6.07 Å². The first kappa shape index (κ1) is 19.4. The zero-order valence-electron chi connectivity index (χ0n) is 16.3. The van der Waals surface area contributed by atoms with Crippen LogP contribution >= 0.6 is 0 Å². The second-order valence-electron chi connectivity index (χ2n) is 6.86. The second-order valence-corrected chi connectivity index (χ2v) is 6.86. The number of H-pyrrole nitrogens is 1. The Morgan fingerprint density at radius 2 is 2.00 bits per heavy atom. The van der Waals surface area contributed by atoms with Crippen molar-refractivity contribution < 1.29 is 18.0 Å². The number of nitrogens with two attached hydrogens (primary N) is 1. The number of nitrogens with zero attached hydrogens (tertiary/aromatic N) is 3. The van der Waals surface area contributed by atoms with E-state index in [1.165, 1.54) is 6.39 Å². The highest BCUT2D eigenvalue weighted by atomic mass is 19.1. The summed E-state index contributed by atoms with van der Waals surface area (Å²) in [6, 6.07) is 10.9. The molecule has 0 saturated carbocycles. The Morgan fingerprint density at radius 3 is 2.81 bits per heavy atom. The third kappa shape index (κ3) is 3.33. The van der Waals surface area contributed by atoms with Crippen molar-refractivity contribution in [3.8, 4) is 11.3 Å². The molecule has 8 nitrogen and oxygen atoms in total. The highest BCUT2D eigenvalue weighted by Crippen LogP contribution is 2.28. The largest absolute Gasteiger partial charge is 0.444 e. The minimum atomic E-state index is -1.15. The molecule has 5 rings (SSSR count). The monoisotopic (exact) mass is 432 g/mol. The van der Waals surface area contributed by atoms with Crippen molar-refractivity contribution in [3.63, 3.8) is 0 Å². The van der Waals surface area contributed by atoms with Gasteiger partial charge in [-0.1, -0.05) is 12.1 Å². The van der Waals surface area contributed by atoms with Crippen LogP contribution in [0.1, 0.15) is 16.2 Å². The summed E-state index contributed by atoms with van der Waals surface area (Å²) in [4.78, 5) is 28.1. The fraction of sp³-hybridized carbons (Fsp3) is 0. The van der Waals surface area contributed by atoms with E-state index in [0.717, 1.165) is 17.7 Å². The molecular formula is C22H14F2N6O2. The SMILES string of the molecule is Nc1ccc(F)c(C(=O)c2nc(Nc3cccc(-c4cnco4)c3)c3cc[nH]c3n2)c1F. The summed E-state index contributed by atoms with van der Waals surface area (Å²) in [6.45, 7) is 0. The van der Waals surface area contributed by atoms with Gasteiger partial charge in [-0.3, -0.25) is 4.79 Å². The second kappa shape index (κ2) is 7.58. The Kier molecular flexibility index (Phi) is 4.59. The van der Waals surface area contributed by atoms with Crippen LogP contribution in [-0.2, 0) is 0 Å². The minimum absolute atomic E-state index is 0.277. The molecule has 0 atom stereocenters. The van der Waals surface area contributed by atoms with Gasteiger partial charge in [0.2, 0.25) is 11.6 Å². The summed E-state index contributed by atoms with van der Waals surface area (Å²) >= 11 is 0. The van der Waals surface area contributed by atoms with Crippen LogP contribution in [0.4, 0.5) is 26.0 Å². The molecule has 0 aliphatic carbocycles. The molecule has 158 valence electrons. The summed E-state index contributed by atoms with van der Waals surface area (Å²) in [7, 11) is 0. The van der Waals surface area contributed by atoms with Crippen LogP contribution < -0.4 is 11.1 Å². The molecule has 2 aromatic carbocycles. The molecule has 0 unspecified atom stereocenters. The average molecular weight is 432 g/mol. The summed E-state index contributed by atoms with van der Waals surface area (Å²) in [5, 5.41) is 3.71. The van der Waals surface area contributed by atoms with Crippen molar-refractivity contribution in [2.45, 2.75) is 0 Å². The number of oxazole rings is 1. The van der Waals surface area contributed by atoms with Gasteiger partial charge in [0.15, 0.2) is 18.0 Å². The Balaban J connectivity index is 1.57. The van der Waals surface area contributed by atoms with Gasteiger partial charge in [-0.05, 0) is 30.3 Å². The number of ketones is 1. The van der Waals surface area contributed by atoms with E-state index in [4.69, 9.17) is 10.2 Å². The van der Waals surface area contributed by atoms with Gasteiger partial charge in [0.25, 0.3) is 0 Å². The summed E-state index contributed by atoms with van der Waals surface area (Å²) < 4.78 is 34.0. The van der Waals surface area contributed by atoms with Crippen LogP contribution in [0.5, 0.6) is 0 Å². The van der Waals surface area contributed by atoms with E-state index >= 15 is 0 Å². The predicted octanol–water partition coefficient (Wildman–Crippen LogP) is 4.45.